The highest BCUT2D eigenvalue weighted by atomic mass is 16.2. The van der Waals surface area contributed by atoms with Crippen LogP contribution in [0.3, 0.4) is 0 Å². The largest absolute Gasteiger partial charge is 0.315 e. The molecule has 0 aliphatic carbocycles. The Kier molecular flexibility index (Phi) is 8.46. The van der Waals surface area contributed by atoms with Gasteiger partial charge in [-0.1, -0.05) is 33.1 Å². The van der Waals surface area contributed by atoms with Crippen molar-refractivity contribution in [3.63, 3.8) is 0 Å². The SMILES string of the molecule is CC(C)NCCCCCCCNC1CCC(=O)NC1=O. The lowest BCUT2D eigenvalue weighted by molar-refractivity contribution is -0.134. The van der Waals surface area contributed by atoms with Gasteiger partial charge in [-0.2, -0.15) is 0 Å². The Bertz CT molecular complexity index is 305. The van der Waals surface area contributed by atoms with Crippen LogP contribution in [0.1, 0.15) is 58.8 Å². The van der Waals surface area contributed by atoms with Crippen LogP contribution in [0.2, 0.25) is 0 Å². The second-order valence-electron chi connectivity index (χ2n) is 5.83. The fraction of sp³-hybridized carbons (Fsp3) is 0.867. The van der Waals surface area contributed by atoms with E-state index in [1.807, 2.05) is 0 Å². The van der Waals surface area contributed by atoms with Crippen LogP contribution in [0.5, 0.6) is 0 Å². The summed E-state index contributed by atoms with van der Waals surface area (Å²) in [6.07, 6.45) is 7.11. The molecular weight excluding hydrogens is 254 g/mol. The van der Waals surface area contributed by atoms with Crippen LogP contribution in [0.4, 0.5) is 0 Å². The third-order valence-electron chi connectivity index (χ3n) is 3.54. The highest BCUT2D eigenvalue weighted by Gasteiger charge is 2.25. The predicted octanol–water partition coefficient (Wildman–Crippen LogP) is 1.33. The summed E-state index contributed by atoms with van der Waals surface area (Å²) in [5, 5.41) is 9.01. The zero-order chi connectivity index (χ0) is 14.8. The Morgan fingerprint density at radius 2 is 1.75 bits per heavy atom. The Balaban J connectivity index is 1.90. The van der Waals surface area contributed by atoms with Gasteiger partial charge < -0.3 is 10.6 Å². The lowest BCUT2D eigenvalue weighted by Gasteiger charge is -2.21. The Morgan fingerprint density at radius 1 is 1.10 bits per heavy atom. The lowest BCUT2D eigenvalue weighted by Crippen LogP contribution is -2.50. The van der Waals surface area contributed by atoms with E-state index in [9.17, 15) is 9.59 Å². The summed E-state index contributed by atoms with van der Waals surface area (Å²) in [6, 6.07) is 0.399. The van der Waals surface area contributed by atoms with Crippen molar-refractivity contribution in [2.24, 2.45) is 0 Å². The highest BCUT2D eigenvalue weighted by molar-refractivity contribution is 6.00. The highest BCUT2D eigenvalue weighted by Crippen LogP contribution is 2.06. The quantitative estimate of drug-likeness (QED) is 0.418. The van der Waals surface area contributed by atoms with Gasteiger partial charge in [0.15, 0.2) is 0 Å². The van der Waals surface area contributed by atoms with Gasteiger partial charge in [0.25, 0.3) is 0 Å². The number of unbranched alkanes of at least 4 members (excludes halogenated alkanes) is 4. The number of hydrogen-bond acceptors (Lipinski definition) is 4. The number of carbonyl (C=O) groups is 2. The first-order chi connectivity index (χ1) is 9.59. The fourth-order valence-electron chi connectivity index (χ4n) is 2.34. The normalized spacial score (nSPS) is 19.4. The maximum absolute atomic E-state index is 11.5. The molecule has 3 N–H and O–H groups in total. The summed E-state index contributed by atoms with van der Waals surface area (Å²) in [4.78, 5) is 22.5. The van der Waals surface area contributed by atoms with Crippen LogP contribution in [0.15, 0.2) is 0 Å². The molecule has 5 heteroatoms. The van der Waals surface area contributed by atoms with Gasteiger partial charge in [0.05, 0.1) is 6.04 Å². The van der Waals surface area contributed by atoms with Gasteiger partial charge in [0.1, 0.15) is 0 Å². The smallest absolute Gasteiger partial charge is 0.243 e. The molecule has 0 saturated carbocycles. The minimum Gasteiger partial charge on any atom is -0.315 e. The van der Waals surface area contributed by atoms with Gasteiger partial charge >= 0.3 is 0 Å². The van der Waals surface area contributed by atoms with Crippen molar-refractivity contribution < 1.29 is 9.59 Å². The minimum absolute atomic E-state index is 0.150. The van der Waals surface area contributed by atoms with Crippen LogP contribution in [-0.2, 0) is 9.59 Å². The van der Waals surface area contributed by atoms with Gasteiger partial charge in [0, 0.05) is 12.5 Å². The predicted molar refractivity (Wildman–Crippen MR) is 80.4 cm³/mol. The first-order valence-electron chi connectivity index (χ1n) is 7.90. The molecule has 0 bridgehead atoms. The van der Waals surface area contributed by atoms with Crippen molar-refractivity contribution in [1.29, 1.82) is 0 Å². The summed E-state index contributed by atoms with van der Waals surface area (Å²) >= 11 is 0. The van der Waals surface area contributed by atoms with Gasteiger partial charge in [0.2, 0.25) is 11.8 Å². The molecule has 116 valence electrons. The number of imide groups is 1. The van der Waals surface area contributed by atoms with Crippen molar-refractivity contribution in [1.82, 2.24) is 16.0 Å². The number of rotatable bonds is 10. The summed E-state index contributed by atoms with van der Waals surface area (Å²) in [7, 11) is 0. The third-order valence-corrected chi connectivity index (χ3v) is 3.54. The molecule has 20 heavy (non-hydrogen) atoms. The Labute approximate surface area is 122 Å². The molecule has 0 spiro atoms. The maximum atomic E-state index is 11.5. The number of nitrogens with one attached hydrogen (secondary N) is 3. The maximum Gasteiger partial charge on any atom is 0.243 e. The van der Waals surface area contributed by atoms with Crippen LogP contribution < -0.4 is 16.0 Å². The number of amides is 2. The molecule has 2 amide bonds. The van der Waals surface area contributed by atoms with Crippen molar-refractivity contribution in [2.75, 3.05) is 13.1 Å². The molecule has 5 nitrogen and oxygen atoms in total. The number of carbonyl (C=O) groups excluding carboxylic acids is 2. The van der Waals surface area contributed by atoms with E-state index in [-0.39, 0.29) is 17.9 Å². The summed E-state index contributed by atoms with van der Waals surface area (Å²) < 4.78 is 0. The van der Waals surface area contributed by atoms with E-state index in [4.69, 9.17) is 0 Å². The third kappa shape index (κ3) is 7.60. The Morgan fingerprint density at radius 3 is 2.40 bits per heavy atom. The molecule has 0 aromatic heterocycles. The zero-order valence-corrected chi connectivity index (χ0v) is 12.8. The van der Waals surface area contributed by atoms with Crippen LogP contribution in [-0.4, -0.2) is 37.0 Å². The molecule has 1 unspecified atom stereocenters. The number of piperidine rings is 1. The molecule has 1 fully saturated rings. The molecule has 1 aliphatic rings. The van der Waals surface area contributed by atoms with Crippen LogP contribution >= 0.6 is 0 Å². The molecule has 0 aromatic carbocycles. The van der Waals surface area contributed by atoms with E-state index < -0.39 is 0 Å². The van der Waals surface area contributed by atoms with Crippen LogP contribution in [0.25, 0.3) is 0 Å². The molecular formula is C15H29N3O2. The standard InChI is InChI=1S/C15H29N3O2/c1-12(2)16-10-6-4-3-5-7-11-17-13-8-9-14(19)18-15(13)20/h12-13,16-17H,3-11H2,1-2H3,(H,18,19,20). The number of hydrogen-bond donors (Lipinski definition) is 3. The lowest BCUT2D eigenvalue weighted by atomic mass is 10.1. The second-order valence-corrected chi connectivity index (χ2v) is 5.83. The molecule has 0 aromatic rings. The van der Waals surface area contributed by atoms with Gasteiger partial charge in [-0.05, 0) is 32.4 Å². The summed E-state index contributed by atoms with van der Waals surface area (Å²) in [5.41, 5.74) is 0. The minimum atomic E-state index is -0.178. The average Bonchev–Trinajstić information content (AvgIpc) is 2.38. The van der Waals surface area contributed by atoms with E-state index >= 15 is 0 Å². The van der Waals surface area contributed by atoms with Crippen LogP contribution in [0, 0.1) is 0 Å². The van der Waals surface area contributed by atoms with E-state index in [0.717, 1.165) is 19.5 Å². The molecule has 1 saturated heterocycles. The topological polar surface area (TPSA) is 70.2 Å². The first-order valence-corrected chi connectivity index (χ1v) is 7.90. The average molecular weight is 283 g/mol. The van der Waals surface area contributed by atoms with Gasteiger partial charge in [-0.3, -0.25) is 14.9 Å². The molecule has 1 rings (SSSR count). The van der Waals surface area contributed by atoms with E-state index in [0.29, 0.717) is 18.9 Å². The fourth-order valence-corrected chi connectivity index (χ4v) is 2.34. The van der Waals surface area contributed by atoms with E-state index in [1.54, 1.807) is 0 Å². The molecule has 1 heterocycles. The van der Waals surface area contributed by atoms with Crippen molar-refractivity contribution in [3.8, 4) is 0 Å². The first kappa shape index (κ1) is 17.1. The molecule has 1 aliphatic heterocycles. The molecule has 1 atom stereocenters. The molecule has 0 radical (unpaired) electrons. The summed E-state index contributed by atoms with van der Waals surface area (Å²) in [6.45, 7) is 6.30. The van der Waals surface area contributed by atoms with Gasteiger partial charge in [-0.15, -0.1) is 0 Å². The van der Waals surface area contributed by atoms with Crippen molar-refractivity contribution in [3.05, 3.63) is 0 Å². The second kappa shape index (κ2) is 9.88. The Hall–Kier alpha value is -0.940. The van der Waals surface area contributed by atoms with E-state index in [2.05, 4.69) is 29.8 Å². The van der Waals surface area contributed by atoms with Gasteiger partial charge in [-0.25, -0.2) is 0 Å². The van der Waals surface area contributed by atoms with Crippen molar-refractivity contribution >= 4 is 11.8 Å². The summed E-state index contributed by atoms with van der Waals surface area (Å²) in [5.74, 6) is -0.316. The monoisotopic (exact) mass is 283 g/mol. The zero-order valence-electron chi connectivity index (χ0n) is 12.8. The van der Waals surface area contributed by atoms with E-state index in [1.165, 1.54) is 25.7 Å². The van der Waals surface area contributed by atoms with Crippen molar-refractivity contribution in [2.45, 2.75) is 70.9 Å².